The molecular formula is C19H22BrNO3. The number of halogens is 1. The van der Waals surface area contributed by atoms with Gasteiger partial charge in [0.2, 0.25) is 0 Å². The normalized spacial score (nSPS) is 11.0. The molecule has 128 valence electrons. The van der Waals surface area contributed by atoms with Crippen molar-refractivity contribution >= 4 is 22.0 Å². The number of ether oxygens (including phenoxy) is 2. The quantitative estimate of drug-likeness (QED) is 0.775. The van der Waals surface area contributed by atoms with Crippen molar-refractivity contribution in [1.29, 1.82) is 0 Å². The Labute approximate surface area is 151 Å². The summed E-state index contributed by atoms with van der Waals surface area (Å²) < 4.78 is 12.1. The number of alkyl carbamates (subject to hydrolysis) is 1. The van der Waals surface area contributed by atoms with Crippen LogP contribution in [-0.4, -0.2) is 11.7 Å². The predicted octanol–water partition coefficient (Wildman–Crippen LogP) is 5.05. The summed E-state index contributed by atoms with van der Waals surface area (Å²) in [6.45, 7) is 6.31. The standard InChI is InChI=1S/C19H22BrNO3/c1-19(2,3)24-18(22)21-12-15-11-16(20)9-10-17(15)23-13-14-7-5-4-6-8-14/h4-11H,12-13H2,1-3H3,(H,21,22). The molecule has 1 N–H and O–H groups in total. The molecule has 0 aliphatic rings. The minimum Gasteiger partial charge on any atom is -0.489 e. The summed E-state index contributed by atoms with van der Waals surface area (Å²) in [4.78, 5) is 11.8. The average Bonchev–Trinajstić information content (AvgIpc) is 2.51. The van der Waals surface area contributed by atoms with Crippen molar-refractivity contribution in [3.05, 3.63) is 64.1 Å². The molecule has 0 atom stereocenters. The van der Waals surface area contributed by atoms with Gasteiger partial charge in [-0.15, -0.1) is 0 Å². The average molecular weight is 392 g/mol. The van der Waals surface area contributed by atoms with Gasteiger partial charge in [-0.2, -0.15) is 0 Å². The summed E-state index contributed by atoms with van der Waals surface area (Å²) >= 11 is 3.45. The monoisotopic (exact) mass is 391 g/mol. The van der Waals surface area contributed by atoms with Crippen LogP contribution in [0.1, 0.15) is 31.9 Å². The van der Waals surface area contributed by atoms with E-state index in [9.17, 15) is 4.79 Å². The number of hydrogen-bond donors (Lipinski definition) is 1. The maximum absolute atomic E-state index is 11.8. The lowest BCUT2D eigenvalue weighted by Gasteiger charge is -2.20. The van der Waals surface area contributed by atoms with E-state index in [1.165, 1.54) is 0 Å². The third kappa shape index (κ3) is 6.24. The molecule has 0 saturated carbocycles. The zero-order valence-electron chi connectivity index (χ0n) is 14.1. The highest BCUT2D eigenvalue weighted by molar-refractivity contribution is 9.10. The first-order chi connectivity index (χ1) is 11.3. The molecule has 0 spiro atoms. The highest BCUT2D eigenvalue weighted by Gasteiger charge is 2.16. The van der Waals surface area contributed by atoms with Gasteiger partial charge in [0.25, 0.3) is 0 Å². The van der Waals surface area contributed by atoms with Crippen molar-refractivity contribution in [2.24, 2.45) is 0 Å². The Morgan fingerprint density at radius 3 is 2.50 bits per heavy atom. The van der Waals surface area contributed by atoms with Gasteiger partial charge in [-0.1, -0.05) is 46.3 Å². The van der Waals surface area contributed by atoms with Gasteiger partial charge < -0.3 is 14.8 Å². The van der Waals surface area contributed by atoms with Gasteiger partial charge >= 0.3 is 6.09 Å². The second kappa shape index (κ2) is 8.20. The minimum absolute atomic E-state index is 0.332. The van der Waals surface area contributed by atoms with Crippen LogP contribution in [-0.2, 0) is 17.9 Å². The van der Waals surface area contributed by atoms with E-state index < -0.39 is 11.7 Å². The first-order valence-corrected chi connectivity index (χ1v) is 8.55. The highest BCUT2D eigenvalue weighted by Crippen LogP contribution is 2.24. The number of carbonyl (C=O) groups is 1. The van der Waals surface area contributed by atoms with E-state index in [1.807, 2.05) is 69.3 Å². The first kappa shape index (κ1) is 18.3. The second-order valence-corrected chi connectivity index (χ2v) is 7.30. The van der Waals surface area contributed by atoms with E-state index >= 15 is 0 Å². The summed E-state index contributed by atoms with van der Waals surface area (Å²) in [6.07, 6.45) is -0.448. The lowest BCUT2D eigenvalue weighted by Crippen LogP contribution is -2.32. The third-order valence-electron chi connectivity index (χ3n) is 3.08. The Kier molecular flexibility index (Phi) is 6.26. The number of benzene rings is 2. The number of amides is 1. The zero-order valence-corrected chi connectivity index (χ0v) is 15.7. The molecular weight excluding hydrogens is 370 g/mol. The van der Waals surface area contributed by atoms with E-state index in [-0.39, 0.29) is 0 Å². The van der Waals surface area contributed by atoms with Crippen molar-refractivity contribution in [3.63, 3.8) is 0 Å². The first-order valence-electron chi connectivity index (χ1n) is 7.75. The molecule has 0 aromatic heterocycles. The summed E-state index contributed by atoms with van der Waals surface area (Å²) in [6, 6.07) is 15.7. The Hall–Kier alpha value is -2.01. The Bertz CT molecular complexity index is 681. The maximum atomic E-state index is 11.8. The van der Waals surface area contributed by atoms with E-state index in [4.69, 9.17) is 9.47 Å². The van der Waals surface area contributed by atoms with Gasteiger partial charge in [-0.05, 0) is 44.5 Å². The van der Waals surface area contributed by atoms with Crippen LogP contribution in [0.5, 0.6) is 5.75 Å². The Balaban J connectivity index is 2.00. The van der Waals surface area contributed by atoms with E-state index in [0.29, 0.717) is 13.2 Å². The molecule has 2 aromatic carbocycles. The van der Waals surface area contributed by atoms with Gasteiger partial charge in [-0.3, -0.25) is 0 Å². The molecule has 5 heteroatoms. The van der Waals surface area contributed by atoms with Crippen molar-refractivity contribution in [2.75, 3.05) is 0 Å². The van der Waals surface area contributed by atoms with Gasteiger partial charge in [0.05, 0.1) is 0 Å². The van der Waals surface area contributed by atoms with Crippen LogP contribution < -0.4 is 10.1 Å². The number of carbonyl (C=O) groups excluding carboxylic acids is 1. The van der Waals surface area contributed by atoms with Crippen LogP contribution in [0.15, 0.2) is 53.0 Å². The fourth-order valence-corrected chi connectivity index (χ4v) is 2.45. The zero-order chi connectivity index (χ0) is 17.6. The largest absolute Gasteiger partial charge is 0.489 e. The number of rotatable bonds is 5. The molecule has 0 fully saturated rings. The molecule has 4 nitrogen and oxygen atoms in total. The Morgan fingerprint density at radius 2 is 1.83 bits per heavy atom. The molecule has 0 unspecified atom stereocenters. The fraction of sp³-hybridized carbons (Fsp3) is 0.316. The van der Waals surface area contributed by atoms with Crippen molar-refractivity contribution in [1.82, 2.24) is 5.32 Å². The molecule has 0 aliphatic heterocycles. The smallest absolute Gasteiger partial charge is 0.407 e. The summed E-state index contributed by atoms with van der Waals surface area (Å²) in [5.74, 6) is 0.734. The minimum atomic E-state index is -0.520. The molecule has 24 heavy (non-hydrogen) atoms. The summed E-state index contributed by atoms with van der Waals surface area (Å²) in [5.41, 5.74) is 1.45. The van der Waals surface area contributed by atoms with Gasteiger partial charge in [0, 0.05) is 16.6 Å². The van der Waals surface area contributed by atoms with Crippen molar-refractivity contribution in [3.8, 4) is 5.75 Å². The van der Waals surface area contributed by atoms with E-state index in [2.05, 4.69) is 21.2 Å². The van der Waals surface area contributed by atoms with Crippen LogP contribution >= 0.6 is 15.9 Å². The van der Waals surface area contributed by atoms with Crippen molar-refractivity contribution in [2.45, 2.75) is 39.5 Å². The predicted molar refractivity (Wildman–Crippen MR) is 98.0 cm³/mol. The van der Waals surface area contributed by atoms with E-state index in [1.54, 1.807) is 0 Å². The third-order valence-corrected chi connectivity index (χ3v) is 3.58. The van der Waals surface area contributed by atoms with Crippen molar-refractivity contribution < 1.29 is 14.3 Å². The second-order valence-electron chi connectivity index (χ2n) is 6.38. The number of nitrogens with one attached hydrogen (secondary N) is 1. The molecule has 0 saturated heterocycles. The molecule has 0 heterocycles. The van der Waals surface area contributed by atoms with Gasteiger partial charge in [0.1, 0.15) is 18.0 Å². The highest BCUT2D eigenvalue weighted by atomic mass is 79.9. The molecule has 0 aliphatic carbocycles. The molecule has 2 aromatic rings. The van der Waals surface area contributed by atoms with E-state index in [0.717, 1.165) is 21.3 Å². The molecule has 1 amide bonds. The maximum Gasteiger partial charge on any atom is 0.407 e. The number of hydrogen-bond acceptors (Lipinski definition) is 3. The van der Waals surface area contributed by atoms with Crippen LogP contribution in [0.3, 0.4) is 0 Å². The summed E-state index contributed by atoms with van der Waals surface area (Å²) in [5, 5.41) is 2.76. The van der Waals surface area contributed by atoms with Crippen LogP contribution in [0.2, 0.25) is 0 Å². The van der Waals surface area contributed by atoms with Gasteiger partial charge in [-0.25, -0.2) is 4.79 Å². The molecule has 2 rings (SSSR count). The molecule has 0 bridgehead atoms. The topological polar surface area (TPSA) is 47.6 Å². The SMILES string of the molecule is CC(C)(C)OC(=O)NCc1cc(Br)ccc1OCc1ccccc1. The van der Waals surface area contributed by atoms with Crippen LogP contribution in [0.4, 0.5) is 4.79 Å². The van der Waals surface area contributed by atoms with Crippen LogP contribution in [0, 0.1) is 0 Å². The lowest BCUT2D eigenvalue weighted by molar-refractivity contribution is 0.0523. The fourth-order valence-electron chi connectivity index (χ4n) is 2.04. The Morgan fingerprint density at radius 1 is 1.12 bits per heavy atom. The van der Waals surface area contributed by atoms with Crippen LogP contribution in [0.25, 0.3) is 0 Å². The summed E-state index contributed by atoms with van der Waals surface area (Å²) in [7, 11) is 0. The lowest BCUT2D eigenvalue weighted by atomic mass is 10.2. The van der Waals surface area contributed by atoms with Gasteiger partial charge in [0.15, 0.2) is 0 Å². The molecule has 0 radical (unpaired) electrons.